The largest absolute Gasteiger partial charge is 0.356 e. The van der Waals surface area contributed by atoms with Crippen LogP contribution >= 0.6 is 0 Å². The third kappa shape index (κ3) is 2.72. The van der Waals surface area contributed by atoms with Crippen molar-refractivity contribution in [1.29, 1.82) is 0 Å². The van der Waals surface area contributed by atoms with E-state index in [4.69, 9.17) is 4.98 Å². The maximum Gasteiger partial charge on any atom is 0.133 e. The lowest BCUT2D eigenvalue weighted by molar-refractivity contribution is 0.501. The molecule has 22 heavy (non-hydrogen) atoms. The summed E-state index contributed by atoms with van der Waals surface area (Å²) in [5.74, 6) is 3.42. The van der Waals surface area contributed by atoms with E-state index in [0.717, 1.165) is 31.3 Å². The average molecular weight is 297 g/mol. The second-order valence-corrected chi connectivity index (χ2v) is 6.44. The first-order valence-corrected chi connectivity index (χ1v) is 8.43. The lowest BCUT2D eigenvalue weighted by Crippen LogP contribution is -2.33. The van der Waals surface area contributed by atoms with Crippen molar-refractivity contribution in [1.82, 2.24) is 19.7 Å². The molecule has 1 aliphatic carbocycles. The SMILES string of the molecule is CCn1cc(C2CCN(c3ccnc(C4CC4)n3)CC2)cn1. The molecule has 0 unspecified atom stereocenters. The lowest BCUT2D eigenvalue weighted by atomic mass is 9.91. The van der Waals surface area contributed by atoms with Crippen LogP contribution in [-0.2, 0) is 6.54 Å². The van der Waals surface area contributed by atoms with Gasteiger partial charge in [-0.05, 0) is 50.2 Å². The minimum absolute atomic E-state index is 0.623. The quantitative estimate of drug-likeness (QED) is 0.870. The number of piperidine rings is 1. The predicted molar refractivity (Wildman–Crippen MR) is 86.1 cm³/mol. The monoisotopic (exact) mass is 297 g/mol. The molecule has 0 atom stereocenters. The van der Waals surface area contributed by atoms with E-state index in [-0.39, 0.29) is 0 Å². The minimum atomic E-state index is 0.623. The summed E-state index contributed by atoms with van der Waals surface area (Å²) in [4.78, 5) is 11.6. The molecule has 2 fully saturated rings. The highest BCUT2D eigenvalue weighted by molar-refractivity contribution is 5.39. The van der Waals surface area contributed by atoms with Crippen molar-refractivity contribution in [2.45, 2.75) is 51.0 Å². The first-order valence-electron chi connectivity index (χ1n) is 8.43. The highest BCUT2D eigenvalue weighted by Crippen LogP contribution is 2.38. The van der Waals surface area contributed by atoms with Gasteiger partial charge in [-0.25, -0.2) is 9.97 Å². The van der Waals surface area contributed by atoms with Gasteiger partial charge in [0.2, 0.25) is 0 Å². The number of rotatable bonds is 4. The molecule has 0 amide bonds. The van der Waals surface area contributed by atoms with Gasteiger partial charge in [-0.3, -0.25) is 4.68 Å². The number of anilines is 1. The van der Waals surface area contributed by atoms with E-state index < -0.39 is 0 Å². The van der Waals surface area contributed by atoms with Gasteiger partial charge in [0.15, 0.2) is 0 Å². The molecule has 4 rings (SSSR count). The Labute approximate surface area is 131 Å². The number of nitrogens with zero attached hydrogens (tertiary/aromatic N) is 5. The van der Waals surface area contributed by atoms with E-state index in [9.17, 15) is 0 Å². The molecule has 2 aromatic heterocycles. The topological polar surface area (TPSA) is 46.8 Å². The van der Waals surface area contributed by atoms with E-state index >= 15 is 0 Å². The fourth-order valence-corrected chi connectivity index (χ4v) is 3.28. The van der Waals surface area contributed by atoms with E-state index in [2.05, 4.69) is 34.2 Å². The molecule has 1 saturated heterocycles. The van der Waals surface area contributed by atoms with Gasteiger partial charge >= 0.3 is 0 Å². The highest BCUT2D eigenvalue weighted by Gasteiger charge is 2.28. The summed E-state index contributed by atoms with van der Waals surface area (Å²) in [6.45, 7) is 5.22. The average Bonchev–Trinajstić information content (AvgIpc) is 3.33. The molecule has 0 bridgehead atoms. The summed E-state index contributed by atoms with van der Waals surface area (Å²) >= 11 is 0. The second kappa shape index (κ2) is 5.71. The van der Waals surface area contributed by atoms with Gasteiger partial charge in [-0.1, -0.05) is 0 Å². The number of aromatic nitrogens is 4. The van der Waals surface area contributed by atoms with Gasteiger partial charge in [0.25, 0.3) is 0 Å². The number of hydrogen-bond acceptors (Lipinski definition) is 4. The van der Waals surface area contributed by atoms with Crippen molar-refractivity contribution < 1.29 is 0 Å². The van der Waals surface area contributed by atoms with Crippen molar-refractivity contribution in [3.8, 4) is 0 Å². The minimum Gasteiger partial charge on any atom is -0.356 e. The third-order valence-electron chi connectivity index (χ3n) is 4.87. The first kappa shape index (κ1) is 13.7. The Morgan fingerprint density at radius 3 is 2.64 bits per heavy atom. The number of hydrogen-bond donors (Lipinski definition) is 0. The van der Waals surface area contributed by atoms with Crippen LogP contribution in [0.1, 0.15) is 55.8 Å². The zero-order valence-electron chi connectivity index (χ0n) is 13.1. The van der Waals surface area contributed by atoms with Crippen LogP contribution in [-0.4, -0.2) is 32.8 Å². The van der Waals surface area contributed by atoms with Crippen molar-refractivity contribution in [3.63, 3.8) is 0 Å². The van der Waals surface area contributed by atoms with Crippen molar-refractivity contribution in [2.75, 3.05) is 18.0 Å². The second-order valence-electron chi connectivity index (χ2n) is 6.44. The first-order chi connectivity index (χ1) is 10.8. The van der Waals surface area contributed by atoms with Crippen LogP contribution in [0.25, 0.3) is 0 Å². The van der Waals surface area contributed by atoms with Gasteiger partial charge in [-0.15, -0.1) is 0 Å². The molecule has 116 valence electrons. The molecule has 0 N–H and O–H groups in total. The Balaban J connectivity index is 1.41. The Morgan fingerprint density at radius 2 is 1.95 bits per heavy atom. The summed E-state index contributed by atoms with van der Waals surface area (Å²) < 4.78 is 2.02. The zero-order valence-corrected chi connectivity index (χ0v) is 13.1. The van der Waals surface area contributed by atoms with Crippen molar-refractivity contribution in [3.05, 3.63) is 36.0 Å². The van der Waals surface area contributed by atoms with E-state index in [0.29, 0.717) is 11.8 Å². The fraction of sp³-hybridized carbons (Fsp3) is 0.588. The Hall–Kier alpha value is -1.91. The molecule has 5 heteroatoms. The molecule has 1 saturated carbocycles. The maximum absolute atomic E-state index is 4.77. The van der Waals surface area contributed by atoms with Crippen LogP contribution in [0.5, 0.6) is 0 Å². The van der Waals surface area contributed by atoms with Crippen LogP contribution in [0.2, 0.25) is 0 Å². The van der Waals surface area contributed by atoms with Crippen LogP contribution in [0.15, 0.2) is 24.7 Å². The normalized spacial score (nSPS) is 19.6. The van der Waals surface area contributed by atoms with Crippen molar-refractivity contribution >= 4 is 5.82 Å². The molecule has 5 nitrogen and oxygen atoms in total. The van der Waals surface area contributed by atoms with Gasteiger partial charge in [0, 0.05) is 37.9 Å². The highest BCUT2D eigenvalue weighted by atomic mass is 15.3. The maximum atomic E-state index is 4.77. The molecule has 0 radical (unpaired) electrons. The smallest absolute Gasteiger partial charge is 0.133 e. The standard InChI is InChI=1S/C17H23N5/c1-2-22-12-15(11-19-22)13-6-9-21(10-7-13)16-5-8-18-17(20-16)14-3-4-14/h5,8,11-14H,2-4,6-7,9-10H2,1H3. The van der Waals surface area contributed by atoms with E-state index in [1.54, 1.807) is 0 Å². The van der Waals surface area contributed by atoms with Crippen LogP contribution in [0, 0.1) is 0 Å². The Bertz CT molecular complexity index is 638. The molecule has 2 aromatic rings. The number of aryl methyl sites for hydroxylation is 1. The van der Waals surface area contributed by atoms with Crippen LogP contribution in [0.4, 0.5) is 5.82 Å². The molecule has 1 aliphatic heterocycles. The van der Waals surface area contributed by atoms with Gasteiger partial charge in [-0.2, -0.15) is 5.10 Å². The Kier molecular flexibility index (Phi) is 3.56. The van der Waals surface area contributed by atoms with E-state index in [1.165, 1.54) is 31.2 Å². The van der Waals surface area contributed by atoms with E-state index in [1.807, 2.05) is 17.1 Å². The zero-order chi connectivity index (χ0) is 14.9. The molecular formula is C17H23N5. The molecule has 0 aromatic carbocycles. The van der Waals surface area contributed by atoms with Crippen LogP contribution < -0.4 is 4.90 Å². The lowest BCUT2D eigenvalue weighted by Gasteiger charge is -2.32. The van der Waals surface area contributed by atoms with Gasteiger partial charge in [0.1, 0.15) is 11.6 Å². The summed E-state index contributed by atoms with van der Waals surface area (Å²) in [5.41, 5.74) is 1.39. The summed E-state index contributed by atoms with van der Waals surface area (Å²) in [6.07, 6.45) is 11.0. The van der Waals surface area contributed by atoms with Gasteiger partial charge in [0.05, 0.1) is 6.20 Å². The van der Waals surface area contributed by atoms with Crippen molar-refractivity contribution in [2.24, 2.45) is 0 Å². The summed E-state index contributed by atoms with van der Waals surface area (Å²) in [6, 6.07) is 2.06. The fourth-order valence-electron chi connectivity index (χ4n) is 3.28. The summed E-state index contributed by atoms with van der Waals surface area (Å²) in [5, 5.41) is 4.41. The predicted octanol–water partition coefficient (Wildman–Crippen LogP) is 2.95. The molecular weight excluding hydrogens is 274 g/mol. The molecule has 2 aliphatic rings. The Morgan fingerprint density at radius 1 is 1.14 bits per heavy atom. The third-order valence-corrected chi connectivity index (χ3v) is 4.87. The van der Waals surface area contributed by atoms with Gasteiger partial charge < -0.3 is 4.90 Å². The molecule has 3 heterocycles. The molecule has 0 spiro atoms. The summed E-state index contributed by atoms with van der Waals surface area (Å²) in [7, 11) is 0. The van der Waals surface area contributed by atoms with Crippen LogP contribution in [0.3, 0.4) is 0 Å².